The summed E-state index contributed by atoms with van der Waals surface area (Å²) in [5, 5.41) is 8.89. The molecule has 17 heavy (non-hydrogen) atoms. The molecule has 2 aromatic rings. The number of nitrogens with zero attached hydrogens (tertiary/aromatic N) is 1. The number of anilines is 2. The Morgan fingerprint density at radius 1 is 1.53 bits per heavy atom. The number of aromatic amines is 1. The molecule has 0 aliphatic carbocycles. The first-order valence-corrected chi connectivity index (χ1v) is 4.95. The van der Waals surface area contributed by atoms with Crippen molar-refractivity contribution in [2.24, 2.45) is 0 Å². The second-order valence-corrected chi connectivity index (χ2v) is 3.55. The van der Waals surface area contributed by atoms with Crippen LogP contribution in [0.3, 0.4) is 0 Å². The number of halogens is 1. The van der Waals surface area contributed by atoms with E-state index in [-0.39, 0.29) is 17.3 Å². The van der Waals surface area contributed by atoms with Gasteiger partial charge in [-0.05, 0) is 12.1 Å². The van der Waals surface area contributed by atoms with Crippen molar-refractivity contribution >= 4 is 17.4 Å². The highest BCUT2D eigenvalue weighted by Crippen LogP contribution is 2.30. The highest BCUT2D eigenvalue weighted by atomic mass is 19.1. The molecule has 0 aliphatic rings. The van der Waals surface area contributed by atoms with Gasteiger partial charge < -0.3 is 11.1 Å². The fourth-order valence-corrected chi connectivity index (χ4v) is 1.56. The van der Waals surface area contributed by atoms with E-state index >= 15 is 0 Å². The Balaban J connectivity index is 2.54. The Morgan fingerprint density at radius 3 is 2.88 bits per heavy atom. The number of nitrogens with one attached hydrogen (secondary N) is 2. The van der Waals surface area contributed by atoms with Crippen LogP contribution in [0.1, 0.15) is 6.92 Å². The zero-order valence-electron chi connectivity index (χ0n) is 9.12. The number of nitrogen functional groups attached to an aromatic ring is 1. The lowest BCUT2D eigenvalue weighted by molar-refractivity contribution is -0.114. The molecule has 0 spiro atoms. The zero-order chi connectivity index (χ0) is 12.4. The molecule has 0 aliphatic heterocycles. The molecular weight excluding hydrogens is 223 g/mol. The van der Waals surface area contributed by atoms with Crippen LogP contribution in [-0.2, 0) is 4.79 Å². The van der Waals surface area contributed by atoms with Crippen molar-refractivity contribution in [1.29, 1.82) is 0 Å². The van der Waals surface area contributed by atoms with Gasteiger partial charge in [0.05, 0.1) is 16.9 Å². The van der Waals surface area contributed by atoms with Gasteiger partial charge in [0.1, 0.15) is 11.6 Å². The van der Waals surface area contributed by atoms with Crippen LogP contribution >= 0.6 is 0 Å². The van der Waals surface area contributed by atoms with Crippen LogP contribution in [0.5, 0.6) is 0 Å². The first-order valence-electron chi connectivity index (χ1n) is 4.95. The van der Waals surface area contributed by atoms with Crippen LogP contribution < -0.4 is 11.1 Å². The topological polar surface area (TPSA) is 83.8 Å². The summed E-state index contributed by atoms with van der Waals surface area (Å²) in [7, 11) is 0. The monoisotopic (exact) mass is 234 g/mol. The summed E-state index contributed by atoms with van der Waals surface area (Å²) in [5.41, 5.74) is 6.50. The molecule has 1 amide bonds. The number of amides is 1. The van der Waals surface area contributed by atoms with Gasteiger partial charge in [-0.3, -0.25) is 9.89 Å². The summed E-state index contributed by atoms with van der Waals surface area (Å²) in [6, 6.07) is 5.93. The molecule has 0 saturated heterocycles. The minimum absolute atomic E-state index is 0.243. The lowest BCUT2D eigenvalue weighted by Crippen LogP contribution is -2.07. The Labute approximate surface area is 96.8 Å². The molecule has 4 N–H and O–H groups in total. The highest BCUT2D eigenvalue weighted by molar-refractivity contribution is 5.93. The molecule has 0 unspecified atom stereocenters. The van der Waals surface area contributed by atoms with E-state index < -0.39 is 5.82 Å². The van der Waals surface area contributed by atoms with E-state index in [2.05, 4.69) is 15.5 Å². The highest BCUT2D eigenvalue weighted by Gasteiger charge is 2.13. The molecule has 1 aromatic carbocycles. The van der Waals surface area contributed by atoms with E-state index in [9.17, 15) is 9.18 Å². The average molecular weight is 234 g/mol. The Morgan fingerprint density at radius 2 is 2.29 bits per heavy atom. The van der Waals surface area contributed by atoms with Gasteiger partial charge in [0.2, 0.25) is 5.91 Å². The Bertz CT molecular complexity index is 564. The molecule has 6 heteroatoms. The van der Waals surface area contributed by atoms with Crippen molar-refractivity contribution in [3.63, 3.8) is 0 Å². The van der Waals surface area contributed by atoms with Gasteiger partial charge in [0, 0.05) is 13.0 Å². The van der Waals surface area contributed by atoms with Crippen LogP contribution in [0.15, 0.2) is 24.3 Å². The van der Waals surface area contributed by atoms with Gasteiger partial charge in [0.25, 0.3) is 0 Å². The molecule has 0 bridgehead atoms. The largest absolute Gasteiger partial charge is 0.382 e. The van der Waals surface area contributed by atoms with Crippen LogP contribution in [0.4, 0.5) is 15.9 Å². The van der Waals surface area contributed by atoms with Crippen molar-refractivity contribution in [2.45, 2.75) is 6.92 Å². The fraction of sp³-hybridized carbons (Fsp3) is 0.0909. The standard InChI is InChI=1S/C11H11FN4O/c1-6(17)14-8-4-2-3-7(12)11(8)9-5-10(13)16-15-9/h2-5H,1H3,(H,14,17)(H3,13,15,16). The summed E-state index contributed by atoms with van der Waals surface area (Å²) in [6.45, 7) is 1.36. The summed E-state index contributed by atoms with van der Waals surface area (Å²) >= 11 is 0. The van der Waals surface area contributed by atoms with Crippen molar-refractivity contribution in [3.8, 4) is 11.3 Å². The minimum atomic E-state index is -0.458. The van der Waals surface area contributed by atoms with Gasteiger partial charge >= 0.3 is 0 Å². The third kappa shape index (κ3) is 2.25. The zero-order valence-corrected chi connectivity index (χ0v) is 9.12. The number of carbonyl (C=O) groups excluding carboxylic acids is 1. The maximum atomic E-state index is 13.8. The number of rotatable bonds is 2. The average Bonchev–Trinajstić information content (AvgIpc) is 2.64. The lowest BCUT2D eigenvalue weighted by atomic mass is 10.1. The first-order chi connectivity index (χ1) is 8.08. The van der Waals surface area contributed by atoms with E-state index in [1.807, 2.05) is 0 Å². The second-order valence-electron chi connectivity index (χ2n) is 3.55. The Kier molecular flexibility index (Phi) is 2.78. The molecule has 1 heterocycles. The van der Waals surface area contributed by atoms with Crippen LogP contribution in [0.25, 0.3) is 11.3 Å². The number of carbonyl (C=O) groups is 1. The number of benzene rings is 1. The van der Waals surface area contributed by atoms with Gasteiger partial charge in [0.15, 0.2) is 0 Å². The predicted molar refractivity (Wildman–Crippen MR) is 62.7 cm³/mol. The molecule has 2 rings (SSSR count). The van der Waals surface area contributed by atoms with Gasteiger partial charge in [-0.25, -0.2) is 4.39 Å². The number of hydrogen-bond acceptors (Lipinski definition) is 3. The van der Waals surface area contributed by atoms with E-state index in [1.165, 1.54) is 25.1 Å². The predicted octanol–water partition coefficient (Wildman–Crippen LogP) is 1.76. The normalized spacial score (nSPS) is 10.2. The van der Waals surface area contributed by atoms with E-state index in [0.29, 0.717) is 11.4 Å². The number of hydrogen-bond donors (Lipinski definition) is 3. The molecule has 5 nitrogen and oxygen atoms in total. The summed E-state index contributed by atoms with van der Waals surface area (Å²) in [6.07, 6.45) is 0. The number of nitrogens with two attached hydrogens (primary N) is 1. The molecule has 0 atom stereocenters. The van der Waals surface area contributed by atoms with E-state index in [0.717, 1.165) is 0 Å². The second kappa shape index (κ2) is 4.25. The minimum Gasteiger partial charge on any atom is -0.382 e. The molecule has 1 aromatic heterocycles. The summed E-state index contributed by atoms with van der Waals surface area (Å²) in [5.74, 6) is -0.471. The molecular formula is C11H11FN4O. The quantitative estimate of drug-likeness (QED) is 0.740. The first kappa shape index (κ1) is 11.1. The lowest BCUT2D eigenvalue weighted by Gasteiger charge is -2.08. The molecule has 0 saturated carbocycles. The third-order valence-corrected chi connectivity index (χ3v) is 2.19. The smallest absolute Gasteiger partial charge is 0.221 e. The molecule has 0 radical (unpaired) electrons. The van der Waals surface area contributed by atoms with Crippen LogP contribution in [-0.4, -0.2) is 16.1 Å². The maximum Gasteiger partial charge on any atom is 0.221 e. The van der Waals surface area contributed by atoms with Gasteiger partial charge in [-0.2, -0.15) is 5.10 Å². The summed E-state index contributed by atoms with van der Waals surface area (Å²) in [4.78, 5) is 11.0. The van der Waals surface area contributed by atoms with E-state index in [1.54, 1.807) is 6.07 Å². The third-order valence-electron chi connectivity index (χ3n) is 2.19. The SMILES string of the molecule is CC(=O)Nc1cccc(F)c1-c1cc(N)n[nH]1. The Hall–Kier alpha value is -2.37. The maximum absolute atomic E-state index is 13.8. The van der Waals surface area contributed by atoms with Crippen LogP contribution in [0.2, 0.25) is 0 Å². The van der Waals surface area contributed by atoms with Gasteiger partial charge in [-0.1, -0.05) is 6.07 Å². The van der Waals surface area contributed by atoms with Crippen molar-refractivity contribution in [2.75, 3.05) is 11.1 Å². The van der Waals surface area contributed by atoms with Crippen molar-refractivity contribution in [3.05, 3.63) is 30.1 Å². The molecule has 0 fully saturated rings. The van der Waals surface area contributed by atoms with Crippen molar-refractivity contribution in [1.82, 2.24) is 10.2 Å². The number of aromatic nitrogens is 2. The van der Waals surface area contributed by atoms with Gasteiger partial charge in [-0.15, -0.1) is 0 Å². The summed E-state index contributed by atoms with van der Waals surface area (Å²) < 4.78 is 13.8. The van der Waals surface area contributed by atoms with Crippen molar-refractivity contribution < 1.29 is 9.18 Å². The number of H-pyrrole nitrogens is 1. The van der Waals surface area contributed by atoms with Crippen LogP contribution in [0, 0.1) is 5.82 Å². The molecule has 88 valence electrons. The fourth-order valence-electron chi connectivity index (χ4n) is 1.56. The van der Waals surface area contributed by atoms with E-state index in [4.69, 9.17) is 5.73 Å².